The molecule has 1 aromatic carbocycles. The Hall–Kier alpha value is -2.31. The third-order valence-corrected chi connectivity index (χ3v) is 4.93. The number of nitrogens with one attached hydrogen (secondary N) is 1. The first-order valence-corrected chi connectivity index (χ1v) is 9.37. The fourth-order valence-corrected chi connectivity index (χ4v) is 3.23. The van der Waals surface area contributed by atoms with Crippen LogP contribution in [0.1, 0.15) is 29.1 Å². The van der Waals surface area contributed by atoms with Crippen molar-refractivity contribution in [3.8, 4) is 0 Å². The predicted octanol–water partition coefficient (Wildman–Crippen LogP) is 4.39. The van der Waals surface area contributed by atoms with Gasteiger partial charge in [0.1, 0.15) is 0 Å². The van der Waals surface area contributed by atoms with Gasteiger partial charge in [0, 0.05) is 24.2 Å². The number of hydrogen-bond donors (Lipinski definition) is 1. The van der Waals surface area contributed by atoms with Crippen molar-refractivity contribution in [1.82, 2.24) is 19.6 Å². The highest BCUT2D eigenvalue weighted by Gasteiger charge is 2.15. The topological polar surface area (TPSA) is 64.7 Å². The second-order valence-corrected chi connectivity index (χ2v) is 7.30. The van der Waals surface area contributed by atoms with Gasteiger partial charge in [0.25, 0.3) is 0 Å². The Labute approximate surface area is 168 Å². The standard InChI is InChI=1S/C19H21Cl2N5O/c1-12-17(21)11-25(23-12)8-7-18(27)22-19-13(2)24-26(14(19)3)10-15-5-4-6-16(20)9-15/h4-6,9,11H,7-8,10H2,1-3H3,(H,22,27). The Bertz CT molecular complexity index is 957. The molecule has 0 radical (unpaired) electrons. The fourth-order valence-electron chi connectivity index (χ4n) is 2.87. The van der Waals surface area contributed by atoms with Gasteiger partial charge in [-0.3, -0.25) is 14.2 Å². The summed E-state index contributed by atoms with van der Waals surface area (Å²) < 4.78 is 3.55. The molecule has 3 aromatic rings. The first-order valence-electron chi connectivity index (χ1n) is 8.61. The van der Waals surface area contributed by atoms with Crippen molar-refractivity contribution in [2.75, 3.05) is 5.32 Å². The second kappa shape index (κ2) is 8.15. The molecule has 27 heavy (non-hydrogen) atoms. The Morgan fingerprint density at radius 2 is 1.93 bits per heavy atom. The number of halogens is 2. The summed E-state index contributed by atoms with van der Waals surface area (Å²) in [6.45, 7) is 6.72. The number of anilines is 1. The van der Waals surface area contributed by atoms with Crippen molar-refractivity contribution in [3.05, 3.63) is 63.2 Å². The molecule has 0 aliphatic heterocycles. The van der Waals surface area contributed by atoms with Crippen molar-refractivity contribution in [2.24, 2.45) is 0 Å². The fraction of sp³-hybridized carbons (Fsp3) is 0.316. The van der Waals surface area contributed by atoms with Crippen LogP contribution in [-0.4, -0.2) is 25.5 Å². The SMILES string of the molecule is Cc1nn(CCC(=O)Nc2c(C)nn(Cc3cccc(Cl)c3)c2C)cc1Cl. The molecule has 0 aliphatic rings. The molecule has 0 fully saturated rings. The van der Waals surface area contributed by atoms with E-state index in [0.29, 0.717) is 29.6 Å². The molecule has 2 heterocycles. The molecule has 0 bridgehead atoms. The average molecular weight is 406 g/mol. The van der Waals surface area contributed by atoms with Crippen molar-refractivity contribution in [2.45, 2.75) is 40.3 Å². The van der Waals surface area contributed by atoms with E-state index in [0.717, 1.165) is 28.3 Å². The molecule has 0 aliphatic carbocycles. The number of aryl methyl sites for hydroxylation is 3. The average Bonchev–Trinajstić information content (AvgIpc) is 3.06. The first kappa shape index (κ1) is 19.5. The number of nitrogens with zero attached hydrogens (tertiary/aromatic N) is 4. The minimum Gasteiger partial charge on any atom is -0.323 e. The van der Waals surface area contributed by atoms with E-state index < -0.39 is 0 Å². The van der Waals surface area contributed by atoms with Crippen LogP contribution < -0.4 is 5.32 Å². The van der Waals surface area contributed by atoms with Crippen LogP contribution in [0.15, 0.2) is 30.5 Å². The molecule has 3 rings (SSSR count). The van der Waals surface area contributed by atoms with Crippen molar-refractivity contribution in [3.63, 3.8) is 0 Å². The summed E-state index contributed by atoms with van der Waals surface area (Å²) in [7, 11) is 0. The lowest BCUT2D eigenvalue weighted by molar-refractivity contribution is -0.116. The number of rotatable bonds is 6. The molecule has 0 spiro atoms. The van der Waals surface area contributed by atoms with Gasteiger partial charge in [0.15, 0.2) is 0 Å². The van der Waals surface area contributed by atoms with Crippen molar-refractivity contribution >= 4 is 34.8 Å². The smallest absolute Gasteiger partial charge is 0.226 e. The normalized spacial score (nSPS) is 11.0. The van der Waals surface area contributed by atoms with Gasteiger partial charge < -0.3 is 5.32 Å². The summed E-state index contributed by atoms with van der Waals surface area (Å²) >= 11 is 12.0. The van der Waals surface area contributed by atoms with Gasteiger partial charge in [0.2, 0.25) is 5.91 Å². The minimum absolute atomic E-state index is 0.0900. The van der Waals surface area contributed by atoms with E-state index in [1.165, 1.54) is 0 Å². The number of carbonyl (C=O) groups is 1. The van der Waals surface area contributed by atoms with E-state index >= 15 is 0 Å². The van der Waals surface area contributed by atoms with Crippen LogP contribution in [0.5, 0.6) is 0 Å². The van der Waals surface area contributed by atoms with E-state index in [4.69, 9.17) is 23.2 Å². The number of aromatic nitrogens is 4. The zero-order valence-corrected chi connectivity index (χ0v) is 17.0. The van der Waals surface area contributed by atoms with Gasteiger partial charge >= 0.3 is 0 Å². The highest BCUT2D eigenvalue weighted by molar-refractivity contribution is 6.31. The zero-order chi connectivity index (χ0) is 19.6. The molecule has 8 heteroatoms. The van der Waals surface area contributed by atoms with Crippen LogP contribution in [0.3, 0.4) is 0 Å². The number of hydrogen-bond acceptors (Lipinski definition) is 3. The number of benzene rings is 1. The van der Waals surface area contributed by atoms with E-state index in [2.05, 4.69) is 15.5 Å². The summed E-state index contributed by atoms with van der Waals surface area (Å²) in [6.07, 6.45) is 2.03. The molecule has 6 nitrogen and oxygen atoms in total. The Kier molecular flexibility index (Phi) is 5.87. The van der Waals surface area contributed by atoms with E-state index in [1.807, 2.05) is 49.7 Å². The van der Waals surface area contributed by atoms with Gasteiger partial charge in [-0.15, -0.1) is 0 Å². The number of amides is 1. The molecule has 1 amide bonds. The molecule has 0 atom stereocenters. The first-order chi connectivity index (χ1) is 12.8. The third-order valence-electron chi connectivity index (χ3n) is 4.32. The Balaban J connectivity index is 1.66. The lowest BCUT2D eigenvalue weighted by Crippen LogP contribution is -2.16. The van der Waals surface area contributed by atoms with Crippen LogP contribution in [-0.2, 0) is 17.9 Å². The van der Waals surface area contributed by atoms with Gasteiger partial charge in [-0.25, -0.2) is 0 Å². The van der Waals surface area contributed by atoms with E-state index in [9.17, 15) is 4.79 Å². The van der Waals surface area contributed by atoms with Gasteiger partial charge in [0.05, 0.1) is 34.3 Å². The molecule has 0 unspecified atom stereocenters. The summed E-state index contributed by atoms with van der Waals surface area (Å²) in [4.78, 5) is 12.4. The van der Waals surface area contributed by atoms with E-state index in [1.54, 1.807) is 10.9 Å². The summed E-state index contributed by atoms with van der Waals surface area (Å²) in [5, 5.41) is 13.1. The van der Waals surface area contributed by atoms with E-state index in [-0.39, 0.29) is 5.91 Å². The quantitative estimate of drug-likeness (QED) is 0.661. The monoisotopic (exact) mass is 405 g/mol. The molecule has 0 saturated heterocycles. The maximum atomic E-state index is 12.4. The number of carbonyl (C=O) groups excluding carboxylic acids is 1. The van der Waals surface area contributed by atoms with Crippen molar-refractivity contribution in [1.29, 1.82) is 0 Å². The van der Waals surface area contributed by atoms with Crippen molar-refractivity contribution < 1.29 is 4.79 Å². The molecular formula is C19H21Cl2N5O. The minimum atomic E-state index is -0.0900. The summed E-state index contributed by atoms with van der Waals surface area (Å²) in [5.41, 5.74) is 4.24. The second-order valence-electron chi connectivity index (χ2n) is 6.46. The lowest BCUT2D eigenvalue weighted by atomic mass is 10.2. The van der Waals surface area contributed by atoms with Crippen LogP contribution in [0.25, 0.3) is 0 Å². The summed E-state index contributed by atoms with van der Waals surface area (Å²) in [6, 6.07) is 7.66. The summed E-state index contributed by atoms with van der Waals surface area (Å²) in [5.74, 6) is -0.0900. The maximum Gasteiger partial charge on any atom is 0.226 e. The molecule has 0 saturated carbocycles. The third kappa shape index (κ3) is 4.70. The van der Waals surface area contributed by atoms with Crippen LogP contribution in [0.4, 0.5) is 5.69 Å². The van der Waals surface area contributed by atoms with Crippen LogP contribution in [0, 0.1) is 20.8 Å². The zero-order valence-electron chi connectivity index (χ0n) is 15.5. The molecular weight excluding hydrogens is 385 g/mol. The van der Waals surface area contributed by atoms with Crippen LogP contribution in [0.2, 0.25) is 10.0 Å². The highest BCUT2D eigenvalue weighted by Crippen LogP contribution is 2.21. The molecule has 142 valence electrons. The largest absolute Gasteiger partial charge is 0.323 e. The highest BCUT2D eigenvalue weighted by atomic mass is 35.5. The lowest BCUT2D eigenvalue weighted by Gasteiger charge is -2.08. The molecule has 2 aromatic heterocycles. The van der Waals surface area contributed by atoms with Gasteiger partial charge in [-0.1, -0.05) is 35.3 Å². The van der Waals surface area contributed by atoms with Crippen LogP contribution >= 0.6 is 23.2 Å². The predicted molar refractivity (Wildman–Crippen MR) is 107 cm³/mol. The Morgan fingerprint density at radius 1 is 1.15 bits per heavy atom. The van der Waals surface area contributed by atoms with Gasteiger partial charge in [-0.05, 0) is 38.5 Å². The Morgan fingerprint density at radius 3 is 2.59 bits per heavy atom. The molecule has 1 N–H and O–H groups in total. The maximum absolute atomic E-state index is 12.4. The van der Waals surface area contributed by atoms with Gasteiger partial charge in [-0.2, -0.15) is 10.2 Å².